The monoisotopic (exact) mass is 336 g/mol. The summed E-state index contributed by atoms with van der Waals surface area (Å²) in [5, 5.41) is 5.45. The first kappa shape index (κ1) is 16.7. The molecule has 4 atom stereocenters. The summed E-state index contributed by atoms with van der Waals surface area (Å²) in [6.45, 7) is 0.520. The summed E-state index contributed by atoms with van der Waals surface area (Å²) in [4.78, 5) is 23.6. The smallest absolute Gasteiger partial charge is 0.412 e. The highest BCUT2D eigenvalue weighted by Gasteiger charge is 2.49. The number of ether oxygens (including phenoxy) is 4. The van der Waals surface area contributed by atoms with Gasteiger partial charge in [-0.2, -0.15) is 0 Å². The summed E-state index contributed by atoms with van der Waals surface area (Å²) >= 11 is 0. The molecule has 8 heteroatoms. The van der Waals surface area contributed by atoms with Gasteiger partial charge in [-0.05, 0) is 12.1 Å². The molecule has 130 valence electrons. The number of benzene rings is 1. The van der Waals surface area contributed by atoms with Crippen LogP contribution in [-0.2, 0) is 23.7 Å². The van der Waals surface area contributed by atoms with Crippen LogP contribution in [0.5, 0.6) is 0 Å². The van der Waals surface area contributed by atoms with Crippen molar-refractivity contribution in [1.29, 1.82) is 0 Å². The molecule has 0 spiro atoms. The standard InChI is InChI=1S/C16H20N2O6/c1-21-9-13(19)18-11-7-22-15-12(8-23-14(11)15)24-16(20)17-10-5-3-2-4-6-10/h2-6,11-12,14-15H,7-9H2,1H3,(H,17,20)(H,18,19)/t11-,12+,14+,15+/m0/s1. The van der Waals surface area contributed by atoms with Gasteiger partial charge in [0, 0.05) is 12.8 Å². The molecule has 3 rings (SSSR count). The van der Waals surface area contributed by atoms with Crippen molar-refractivity contribution in [2.75, 3.05) is 32.2 Å². The third-order valence-electron chi connectivity index (χ3n) is 3.91. The molecule has 2 saturated heterocycles. The van der Waals surface area contributed by atoms with Gasteiger partial charge in [-0.3, -0.25) is 10.1 Å². The number of anilines is 1. The van der Waals surface area contributed by atoms with Crippen molar-refractivity contribution in [3.8, 4) is 0 Å². The van der Waals surface area contributed by atoms with Gasteiger partial charge in [0.05, 0.1) is 19.3 Å². The highest BCUT2D eigenvalue weighted by Crippen LogP contribution is 2.29. The number of hydrogen-bond donors (Lipinski definition) is 2. The van der Waals surface area contributed by atoms with Gasteiger partial charge in [0.25, 0.3) is 0 Å². The van der Waals surface area contributed by atoms with E-state index in [9.17, 15) is 9.59 Å². The van der Waals surface area contributed by atoms with E-state index in [0.29, 0.717) is 12.3 Å². The van der Waals surface area contributed by atoms with Crippen LogP contribution in [0.4, 0.5) is 10.5 Å². The van der Waals surface area contributed by atoms with Crippen molar-refractivity contribution < 1.29 is 28.5 Å². The number of rotatable bonds is 5. The van der Waals surface area contributed by atoms with Crippen LogP contribution >= 0.6 is 0 Å². The van der Waals surface area contributed by atoms with Crippen LogP contribution in [-0.4, -0.2) is 63.3 Å². The summed E-state index contributed by atoms with van der Waals surface area (Å²) in [6.07, 6.45) is -1.80. The molecule has 8 nitrogen and oxygen atoms in total. The Morgan fingerprint density at radius 1 is 1.17 bits per heavy atom. The topological polar surface area (TPSA) is 95.1 Å². The third-order valence-corrected chi connectivity index (χ3v) is 3.91. The lowest BCUT2D eigenvalue weighted by Crippen LogP contribution is -2.45. The quantitative estimate of drug-likeness (QED) is 0.815. The fourth-order valence-corrected chi connectivity index (χ4v) is 2.87. The van der Waals surface area contributed by atoms with Crippen LogP contribution < -0.4 is 10.6 Å². The Labute approximate surface area is 139 Å². The van der Waals surface area contributed by atoms with Crippen molar-refractivity contribution in [2.45, 2.75) is 24.4 Å². The second-order valence-corrected chi connectivity index (χ2v) is 5.64. The summed E-state index contributed by atoms with van der Waals surface area (Å²) in [7, 11) is 1.45. The second kappa shape index (κ2) is 7.61. The summed E-state index contributed by atoms with van der Waals surface area (Å²) in [6, 6.07) is 8.75. The molecule has 2 heterocycles. The number of fused-ring (bicyclic) bond motifs is 1. The van der Waals surface area contributed by atoms with Gasteiger partial charge >= 0.3 is 6.09 Å². The molecule has 2 N–H and O–H groups in total. The predicted octanol–water partition coefficient (Wildman–Crippen LogP) is 0.533. The molecule has 0 saturated carbocycles. The first-order chi connectivity index (χ1) is 11.7. The van der Waals surface area contributed by atoms with E-state index in [2.05, 4.69) is 10.6 Å². The van der Waals surface area contributed by atoms with Crippen LogP contribution in [0, 0.1) is 0 Å². The largest absolute Gasteiger partial charge is 0.441 e. The SMILES string of the molecule is COCC(=O)N[C@H]1CO[C@H]2[C@@H]1OC[C@H]2OC(=O)Nc1ccccc1. The van der Waals surface area contributed by atoms with Gasteiger partial charge in [-0.15, -0.1) is 0 Å². The molecule has 2 amide bonds. The number of para-hydroxylation sites is 1. The lowest BCUT2D eigenvalue weighted by Gasteiger charge is -2.18. The lowest BCUT2D eigenvalue weighted by molar-refractivity contribution is -0.126. The van der Waals surface area contributed by atoms with Crippen molar-refractivity contribution in [1.82, 2.24) is 5.32 Å². The predicted molar refractivity (Wildman–Crippen MR) is 83.6 cm³/mol. The van der Waals surface area contributed by atoms with E-state index in [1.807, 2.05) is 18.2 Å². The molecular weight excluding hydrogens is 316 g/mol. The summed E-state index contributed by atoms with van der Waals surface area (Å²) in [5.74, 6) is -0.235. The highest BCUT2D eigenvalue weighted by molar-refractivity contribution is 5.84. The zero-order chi connectivity index (χ0) is 16.9. The van der Waals surface area contributed by atoms with Gasteiger partial charge in [-0.1, -0.05) is 18.2 Å². The Hall–Kier alpha value is -2.16. The van der Waals surface area contributed by atoms with Crippen molar-refractivity contribution in [3.63, 3.8) is 0 Å². The minimum Gasteiger partial charge on any atom is -0.441 e. The van der Waals surface area contributed by atoms with E-state index >= 15 is 0 Å². The average molecular weight is 336 g/mol. The molecule has 0 unspecified atom stereocenters. The molecule has 2 aliphatic rings. The first-order valence-electron chi connectivity index (χ1n) is 7.71. The van der Waals surface area contributed by atoms with Gasteiger partial charge in [0.1, 0.15) is 18.8 Å². The fraction of sp³-hybridized carbons (Fsp3) is 0.500. The normalized spacial score (nSPS) is 28.2. The van der Waals surface area contributed by atoms with Crippen LogP contribution in [0.15, 0.2) is 30.3 Å². The minimum atomic E-state index is -0.564. The van der Waals surface area contributed by atoms with E-state index in [-0.39, 0.29) is 37.4 Å². The Bertz CT molecular complexity index is 581. The fourth-order valence-electron chi connectivity index (χ4n) is 2.87. The summed E-state index contributed by atoms with van der Waals surface area (Å²) < 4.78 is 21.5. The molecule has 2 aliphatic heterocycles. The molecule has 2 fully saturated rings. The molecule has 0 aliphatic carbocycles. The van der Waals surface area contributed by atoms with Crippen molar-refractivity contribution >= 4 is 17.7 Å². The van der Waals surface area contributed by atoms with Crippen LogP contribution in [0.25, 0.3) is 0 Å². The Balaban J connectivity index is 1.51. The van der Waals surface area contributed by atoms with Crippen LogP contribution in [0.2, 0.25) is 0 Å². The number of methoxy groups -OCH3 is 1. The molecular formula is C16H20N2O6. The second-order valence-electron chi connectivity index (χ2n) is 5.64. The van der Waals surface area contributed by atoms with E-state index in [0.717, 1.165) is 0 Å². The number of hydrogen-bond acceptors (Lipinski definition) is 6. The maximum absolute atomic E-state index is 12.0. The molecule has 0 radical (unpaired) electrons. The Kier molecular flexibility index (Phi) is 5.29. The van der Waals surface area contributed by atoms with Crippen molar-refractivity contribution in [3.05, 3.63) is 30.3 Å². The molecule has 1 aromatic rings. The molecule has 0 bridgehead atoms. The first-order valence-corrected chi connectivity index (χ1v) is 7.71. The van der Waals surface area contributed by atoms with Gasteiger partial charge < -0.3 is 24.3 Å². The van der Waals surface area contributed by atoms with E-state index in [1.54, 1.807) is 12.1 Å². The maximum Gasteiger partial charge on any atom is 0.412 e. The van der Waals surface area contributed by atoms with E-state index < -0.39 is 12.2 Å². The zero-order valence-electron chi connectivity index (χ0n) is 13.3. The Morgan fingerprint density at radius 3 is 2.67 bits per heavy atom. The van der Waals surface area contributed by atoms with Gasteiger partial charge in [0.15, 0.2) is 6.10 Å². The van der Waals surface area contributed by atoms with Gasteiger partial charge in [0.2, 0.25) is 5.91 Å². The lowest BCUT2D eigenvalue weighted by atomic mass is 10.1. The van der Waals surface area contributed by atoms with Crippen LogP contribution in [0.3, 0.4) is 0 Å². The molecule has 0 aromatic heterocycles. The third kappa shape index (κ3) is 3.84. The zero-order valence-corrected chi connectivity index (χ0v) is 13.3. The van der Waals surface area contributed by atoms with Crippen molar-refractivity contribution in [2.24, 2.45) is 0 Å². The van der Waals surface area contributed by atoms with Crippen LogP contribution in [0.1, 0.15) is 0 Å². The number of carbonyl (C=O) groups excluding carboxylic acids is 2. The Morgan fingerprint density at radius 2 is 1.92 bits per heavy atom. The number of amides is 2. The number of nitrogens with one attached hydrogen (secondary N) is 2. The van der Waals surface area contributed by atoms with E-state index in [1.165, 1.54) is 7.11 Å². The maximum atomic E-state index is 12.0. The van der Waals surface area contributed by atoms with Gasteiger partial charge in [-0.25, -0.2) is 4.79 Å². The summed E-state index contributed by atoms with van der Waals surface area (Å²) in [5.41, 5.74) is 0.648. The average Bonchev–Trinajstić information content (AvgIpc) is 3.13. The van der Waals surface area contributed by atoms with E-state index in [4.69, 9.17) is 18.9 Å². The molecule has 24 heavy (non-hydrogen) atoms. The minimum absolute atomic E-state index is 0.0205. The number of carbonyl (C=O) groups is 2. The molecule has 1 aromatic carbocycles. The highest BCUT2D eigenvalue weighted by atomic mass is 16.6.